The summed E-state index contributed by atoms with van der Waals surface area (Å²) in [5.74, 6) is -0.130. The van der Waals surface area contributed by atoms with Crippen molar-refractivity contribution in [1.82, 2.24) is 15.2 Å². The van der Waals surface area contributed by atoms with E-state index in [1.807, 2.05) is 5.38 Å². The van der Waals surface area contributed by atoms with Crippen LogP contribution in [0.5, 0.6) is 0 Å². The van der Waals surface area contributed by atoms with Crippen molar-refractivity contribution in [1.29, 1.82) is 0 Å². The minimum absolute atomic E-state index is 0. The first-order valence-corrected chi connectivity index (χ1v) is 8.07. The Morgan fingerprint density at radius 3 is 2.87 bits per heavy atom. The van der Waals surface area contributed by atoms with Gasteiger partial charge in [0.25, 0.3) is 5.91 Å². The molecule has 23 heavy (non-hydrogen) atoms. The van der Waals surface area contributed by atoms with Gasteiger partial charge in [0.15, 0.2) is 5.13 Å². The molecule has 2 aliphatic heterocycles. The monoisotopic (exact) mass is 384 g/mol. The van der Waals surface area contributed by atoms with Gasteiger partial charge in [-0.3, -0.25) is 15.0 Å². The number of hydrogen-bond donors (Lipinski definition) is 2. The molecule has 0 aliphatic carbocycles. The molecule has 2 aliphatic rings. The Hall–Kier alpha value is -0.480. The zero-order valence-corrected chi connectivity index (χ0v) is 15.1. The lowest BCUT2D eigenvalue weighted by molar-refractivity contribution is -0.128. The number of thiazole rings is 1. The molecule has 0 saturated carbocycles. The Morgan fingerprint density at radius 2 is 2.17 bits per heavy atom. The highest BCUT2D eigenvalue weighted by Crippen LogP contribution is 2.18. The maximum Gasteiger partial charge on any atom is 0.256 e. The van der Waals surface area contributed by atoms with Gasteiger partial charge < -0.3 is 14.8 Å². The normalized spacial score (nSPS) is 21.8. The highest BCUT2D eigenvalue weighted by molar-refractivity contribution is 7.13. The van der Waals surface area contributed by atoms with E-state index < -0.39 is 6.10 Å². The minimum Gasteiger partial charge on any atom is -0.379 e. The Kier molecular flexibility index (Phi) is 9.30. The lowest BCUT2D eigenvalue weighted by Gasteiger charge is -2.25. The Labute approximate surface area is 151 Å². The van der Waals surface area contributed by atoms with E-state index in [1.54, 1.807) is 0 Å². The number of carbonyl (C=O) groups excluding carboxylic acids is 1. The van der Waals surface area contributed by atoms with Crippen molar-refractivity contribution in [3.63, 3.8) is 0 Å². The average molecular weight is 385 g/mol. The number of halogens is 2. The van der Waals surface area contributed by atoms with Gasteiger partial charge in [-0.15, -0.1) is 36.2 Å². The van der Waals surface area contributed by atoms with Gasteiger partial charge >= 0.3 is 0 Å². The molecule has 0 aromatic carbocycles. The van der Waals surface area contributed by atoms with Gasteiger partial charge in [0.1, 0.15) is 6.10 Å². The molecule has 7 nitrogen and oxygen atoms in total. The molecule has 0 spiro atoms. The van der Waals surface area contributed by atoms with E-state index in [0.717, 1.165) is 45.1 Å². The van der Waals surface area contributed by atoms with Gasteiger partial charge in [0, 0.05) is 38.1 Å². The van der Waals surface area contributed by atoms with Crippen LogP contribution < -0.4 is 10.6 Å². The molecule has 0 bridgehead atoms. The summed E-state index contributed by atoms with van der Waals surface area (Å²) >= 11 is 1.45. The molecule has 2 saturated heterocycles. The third-order valence-corrected chi connectivity index (χ3v) is 4.30. The number of carbonyl (C=O) groups is 1. The quantitative estimate of drug-likeness (QED) is 0.797. The average Bonchev–Trinajstić information content (AvgIpc) is 2.96. The first kappa shape index (κ1) is 20.6. The summed E-state index contributed by atoms with van der Waals surface area (Å²) < 4.78 is 10.7. The zero-order valence-electron chi connectivity index (χ0n) is 12.7. The van der Waals surface area contributed by atoms with Crippen molar-refractivity contribution >= 4 is 47.2 Å². The number of morpholine rings is 2. The van der Waals surface area contributed by atoms with E-state index in [9.17, 15) is 4.79 Å². The van der Waals surface area contributed by atoms with Crippen LogP contribution >= 0.6 is 36.2 Å². The third-order valence-electron chi connectivity index (χ3n) is 3.49. The number of amides is 1. The number of hydrogen-bond acceptors (Lipinski definition) is 7. The van der Waals surface area contributed by atoms with Gasteiger partial charge in [-0.25, -0.2) is 4.98 Å². The maximum atomic E-state index is 12.0. The summed E-state index contributed by atoms with van der Waals surface area (Å²) in [5.41, 5.74) is 0.986. The van der Waals surface area contributed by atoms with Gasteiger partial charge in [0.2, 0.25) is 0 Å². The first-order valence-electron chi connectivity index (χ1n) is 7.19. The Bertz CT molecular complexity index is 480. The molecule has 1 unspecified atom stereocenters. The summed E-state index contributed by atoms with van der Waals surface area (Å²) in [6.07, 6.45) is -0.426. The number of nitrogens with one attached hydrogen (secondary N) is 2. The molecule has 1 amide bonds. The lowest BCUT2D eigenvalue weighted by Crippen LogP contribution is -2.45. The molecule has 2 fully saturated rings. The molecular weight excluding hydrogens is 363 g/mol. The molecule has 3 rings (SSSR count). The summed E-state index contributed by atoms with van der Waals surface area (Å²) in [4.78, 5) is 18.8. The molecule has 10 heteroatoms. The molecule has 0 radical (unpaired) electrons. The number of aromatic nitrogens is 1. The van der Waals surface area contributed by atoms with Crippen molar-refractivity contribution in [3.8, 4) is 0 Å². The fourth-order valence-electron chi connectivity index (χ4n) is 2.35. The van der Waals surface area contributed by atoms with Crippen LogP contribution in [0.1, 0.15) is 5.69 Å². The number of anilines is 1. The smallest absolute Gasteiger partial charge is 0.256 e. The summed E-state index contributed by atoms with van der Waals surface area (Å²) in [5, 5.41) is 8.60. The largest absolute Gasteiger partial charge is 0.379 e. The fourth-order valence-corrected chi connectivity index (χ4v) is 3.05. The molecule has 132 valence electrons. The SMILES string of the molecule is Cl.Cl.O=C(Nc1nc(CN2CCOCC2)cs1)C1CNCCO1. The predicted molar refractivity (Wildman–Crippen MR) is 93.9 cm³/mol. The van der Waals surface area contributed by atoms with E-state index in [-0.39, 0.29) is 30.7 Å². The van der Waals surface area contributed by atoms with Crippen molar-refractivity contribution in [2.45, 2.75) is 12.6 Å². The van der Waals surface area contributed by atoms with Crippen LogP contribution in [0.25, 0.3) is 0 Å². The van der Waals surface area contributed by atoms with Crippen LogP contribution in [-0.2, 0) is 20.8 Å². The van der Waals surface area contributed by atoms with Crippen LogP contribution in [0.15, 0.2) is 5.38 Å². The van der Waals surface area contributed by atoms with Gasteiger partial charge in [-0.1, -0.05) is 0 Å². The van der Waals surface area contributed by atoms with Crippen LogP contribution in [0.2, 0.25) is 0 Å². The first-order chi connectivity index (χ1) is 10.3. The molecule has 1 aromatic heterocycles. The van der Waals surface area contributed by atoms with Gasteiger partial charge in [-0.05, 0) is 0 Å². The zero-order chi connectivity index (χ0) is 14.5. The Morgan fingerprint density at radius 1 is 1.39 bits per heavy atom. The highest BCUT2D eigenvalue weighted by Gasteiger charge is 2.22. The molecular formula is C13H22Cl2N4O3S. The predicted octanol–water partition coefficient (Wildman–Crippen LogP) is 0.746. The lowest BCUT2D eigenvalue weighted by atomic mass is 10.3. The standard InChI is InChI=1S/C13H20N4O3S.2ClH/c18-12(11-7-14-1-4-20-11)16-13-15-10(9-21-13)8-17-2-5-19-6-3-17;;/h9,11,14H,1-8H2,(H,15,16,18);2*1H. The van der Waals surface area contributed by atoms with Gasteiger partial charge in [0.05, 0.1) is 25.5 Å². The molecule has 2 N–H and O–H groups in total. The number of rotatable bonds is 4. The van der Waals surface area contributed by atoms with Crippen LogP contribution in [0, 0.1) is 0 Å². The van der Waals surface area contributed by atoms with Crippen molar-refractivity contribution < 1.29 is 14.3 Å². The van der Waals surface area contributed by atoms with E-state index >= 15 is 0 Å². The van der Waals surface area contributed by atoms with Crippen LogP contribution in [0.3, 0.4) is 0 Å². The molecule has 3 heterocycles. The van der Waals surface area contributed by atoms with Crippen molar-refractivity contribution in [3.05, 3.63) is 11.1 Å². The summed E-state index contributed by atoms with van der Waals surface area (Å²) in [7, 11) is 0. The fraction of sp³-hybridized carbons (Fsp3) is 0.692. The number of nitrogens with zero attached hydrogens (tertiary/aromatic N) is 2. The maximum absolute atomic E-state index is 12.0. The minimum atomic E-state index is -0.426. The summed E-state index contributed by atoms with van der Waals surface area (Å²) in [6.45, 7) is 6.14. The number of ether oxygens (including phenoxy) is 2. The van der Waals surface area contributed by atoms with E-state index in [4.69, 9.17) is 9.47 Å². The Balaban J connectivity index is 0.00000132. The van der Waals surface area contributed by atoms with E-state index in [1.165, 1.54) is 11.3 Å². The highest BCUT2D eigenvalue weighted by atomic mass is 35.5. The summed E-state index contributed by atoms with van der Waals surface area (Å²) in [6, 6.07) is 0. The van der Waals surface area contributed by atoms with Crippen molar-refractivity contribution in [2.24, 2.45) is 0 Å². The molecule has 1 atom stereocenters. The van der Waals surface area contributed by atoms with Gasteiger partial charge in [-0.2, -0.15) is 0 Å². The second-order valence-corrected chi connectivity index (χ2v) is 5.94. The van der Waals surface area contributed by atoms with Crippen LogP contribution in [0.4, 0.5) is 5.13 Å². The van der Waals surface area contributed by atoms with Crippen molar-refractivity contribution in [2.75, 3.05) is 51.3 Å². The van der Waals surface area contributed by atoms with Crippen LogP contribution in [-0.4, -0.2) is 67.9 Å². The third kappa shape index (κ3) is 6.15. The second kappa shape index (κ2) is 10.4. The second-order valence-electron chi connectivity index (χ2n) is 5.09. The molecule has 1 aromatic rings. The van der Waals surface area contributed by atoms with E-state index in [0.29, 0.717) is 18.3 Å². The van der Waals surface area contributed by atoms with E-state index in [2.05, 4.69) is 20.5 Å². The topological polar surface area (TPSA) is 75.7 Å².